The summed E-state index contributed by atoms with van der Waals surface area (Å²) in [6.45, 7) is 3.81. The number of halogens is 1. The number of pyridine rings is 1. The zero-order valence-corrected chi connectivity index (χ0v) is 13.0. The second-order valence-corrected chi connectivity index (χ2v) is 5.56. The third-order valence-corrected chi connectivity index (χ3v) is 3.29. The van der Waals surface area contributed by atoms with Crippen LogP contribution < -0.4 is 4.18 Å². The molecule has 4 nitrogen and oxygen atoms in total. The van der Waals surface area contributed by atoms with Crippen molar-refractivity contribution in [3.63, 3.8) is 0 Å². The van der Waals surface area contributed by atoms with Crippen LogP contribution in [0.25, 0.3) is 12.2 Å². The maximum absolute atomic E-state index is 13.5. The minimum Gasteiger partial charge on any atom is -0.378 e. The number of benzene rings is 1. The lowest BCUT2D eigenvalue weighted by Crippen LogP contribution is -2.04. The summed E-state index contributed by atoms with van der Waals surface area (Å²) >= 11 is -2.42. The Labute approximate surface area is 131 Å². The Bertz CT molecular complexity index is 716. The Hall–Kier alpha value is -2.05. The standard InChI is InChI=1S/C16H16FNO3S/c1-11(2)16-15(21-22(19)20)9-12(10-18-16)7-8-13-5-3-4-6-14(13)17/h3-11H,1-2H3,(H,19,20)/b8-7+. The summed E-state index contributed by atoms with van der Waals surface area (Å²) in [5.41, 5.74) is 1.68. The third-order valence-electron chi connectivity index (χ3n) is 2.97. The van der Waals surface area contributed by atoms with E-state index in [2.05, 4.69) is 4.98 Å². The highest BCUT2D eigenvalue weighted by Gasteiger charge is 2.12. The topological polar surface area (TPSA) is 59.4 Å². The van der Waals surface area contributed by atoms with Crippen LogP contribution in [0.4, 0.5) is 4.39 Å². The summed E-state index contributed by atoms with van der Waals surface area (Å²) in [7, 11) is 0. The highest BCUT2D eigenvalue weighted by atomic mass is 32.2. The third kappa shape index (κ3) is 4.22. The van der Waals surface area contributed by atoms with Gasteiger partial charge in [0.2, 0.25) is 0 Å². The van der Waals surface area contributed by atoms with E-state index in [0.717, 1.165) is 0 Å². The lowest BCUT2D eigenvalue weighted by molar-refractivity contribution is 0.452. The molecule has 1 aromatic carbocycles. The molecular weight excluding hydrogens is 305 g/mol. The summed E-state index contributed by atoms with van der Waals surface area (Å²) in [6, 6.07) is 8.00. The molecule has 1 heterocycles. The van der Waals surface area contributed by atoms with E-state index in [1.54, 1.807) is 42.6 Å². The molecule has 1 aromatic heterocycles. The molecule has 1 N–H and O–H groups in total. The molecule has 0 bridgehead atoms. The Kier molecular flexibility index (Phi) is 5.41. The van der Waals surface area contributed by atoms with E-state index in [1.807, 2.05) is 13.8 Å². The van der Waals surface area contributed by atoms with Crippen molar-refractivity contribution in [1.82, 2.24) is 4.98 Å². The molecule has 2 rings (SSSR count). The van der Waals surface area contributed by atoms with Crippen LogP contribution in [-0.4, -0.2) is 13.7 Å². The Morgan fingerprint density at radius 2 is 2.05 bits per heavy atom. The fourth-order valence-electron chi connectivity index (χ4n) is 1.93. The van der Waals surface area contributed by atoms with Gasteiger partial charge in [-0.15, -0.1) is 0 Å². The minimum absolute atomic E-state index is 0.0446. The van der Waals surface area contributed by atoms with Crippen LogP contribution in [0.3, 0.4) is 0 Å². The van der Waals surface area contributed by atoms with E-state index in [-0.39, 0.29) is 17.5 Å². The summed E-state index contributed by atoms with van der Waals surface area (Å²) < 4.78 is 38.2. The van der Waals surface area contributed by atoms with Crippen molar-refractivity contribution in [2.45, 2.75) is 19.8 Å². The molecule has 0 saturated carbocycles. The van der Waals surface area contributed by atoms with Crippen molar-refractivity contribution in [3.05, 3.63) is 59.2 Å². The fraction of sp³-hybridized carbons (Fsp3) is 0.188. The van der Waals surface area contributed by atoms with Crippen LogP contribution in [0.2, 0.25) is 0 Å². The molecule has 0 saturated heterocycles. The van der Waals surface area contributed by atoms with Gasteiger partial charge in [0.25, 0.3) is 0 Å². The summed E-state index contributed by atoms with van der Waals surface area (Å²) in [5.74, 6) is -0.0342. The molecule has 0 aliphatic carbocycles. The molecule has 0 fully saturated rings. The zero-order chi connectivity index (χ0) is 16.1. The molecule has 0 aliphatic rings. The van der Waals surface area contributed by atoms with Gasteiger partial charge in [0.15, 0.2) is 5.75 Å². The van der Waals surface area contributed by atoms with Crippen LogP contribution in [0, 0.1) is 5.82 Å². The first-order valence-electron chi connectivity index (χ1n) is 6.69. The van der Waals surface area contributed by atoms with Crippen molar-refractivity contribution in [1.29, 1.82) is 0 Å². The largest absolute Gasteiger partial charge is 0.378 e. The van der Waals surface area contributed by atoms with E-state index in [4.69, 9.17) is 8.74 Å². The van der Waals surface area contributed by atoms with Gasteiger partial charge in [0.1, 0.15) is 5.82 Å². The monoisotopic (exact) mass is 321 g/mol. The summed E-state index contributed by atoms with van der Waals surface area (Å²) in [4.78, 5) is 4.25. The molecule has 0 aliphatic heterocycles. The second kappa shape index (κ2) is 7.29. The van der Waals surface area contributed by atoms with Crippen molar-refractivity contribution in [3.8, 4) is 5.75 Å². The molecular formula is C16H16FNO3S. The first-order valence-corrected chi connectivity index (χ1v) is 7.72. The first kappa shape index (κ1) is 16.3. The van der Waals surface area contributed by atoms with Crippen molar-refractivity contribution >= 4 is 23.5 Å². The Morgan fingerprint density at radius 3 is 2.68 bits per heavy atom. The fourth-order valence-corrected chi connectivity index (χ4v) is 2.22. The molecule has 1 atom stereocenters. The van der Waals surface area contributed by atoms with Crippen molar-refractivity contribution < 1.29 is 17.3 Å². The van der Waals surface area contributed by atoms with Crippen LogP contribution in [0.15, 0.2) is 36.5 Å². The molecule has 22 heavy (non-hydrogen) atoms. The molecule has 0 amide bonds. The summed E-state index contributed by atoms with van der Waals surface area (Å²) in [6.07, 6.45) is 4.89. The van der Waals surface area contributed by atoms with E-state index >= 15 is 0 Å². The summed E-state index contributed by atoms with van der Waals surface area (Å²) in [5, 5.41) is 0. The first-order chi connectivity index (χ1) is 10.5. The van der Waals surface area contributed by atoms with Gasteiger partial charge < -0.3 is 4.18 Å². The predicted molar refractivity (Wildman–Crippen MR) is 85.1 cm³/mol. The van der Waals surface area contributed by atoms with Crippen molar-refractivity contribution in [2.75, 3.05) is 0 Å². The zero-order valence-electron chi connectivity index (χ0n) is 12.2. The number of hydrogen-bond acceptors (Lipinski definition) is 3. The highest BCUT2D eigenvalue weighted by Crippen LogP contribution is 2.26. The van der Waals surface area contributed by atoms with E-state index < -0.39 is 11.4 Å². The van der Waals surface area contributed by atoms with Gasteiger partial charge in [-0.2, -0.15) is 4.21 Å². The van der Waals surface area contributed by atoms with Crippen LogP contribution >= 0.6 is 0 Å². The van der Waals surface area contributed by atoms with Gasteiger partial charge in [-0.25, -0.2) is 4.39 Å². The Morgan fingerprint density at radius 1 is 1.32 bits per heavy atom. The lowest BCUT2D eigenvalue weighted by Gasteiger charge is -2.10. The second-order valence-electron chi connectivity index (χ2n) is 4.96. The molecule has 2 aromatic rings. The molecule has 1 unspecified atom stereocenters. The van der Waals surface area contributed by atoms with Gasteiger partial charge in [-0.3, -0.25) is 9.54 Å². The SMILES string of the molecule is CC(C)c1ncc(/C=C/c2ccccc2F)cc1OS(=O)O. The molecule has 0 spiro atoms. The van der Waals surface area contributed by atoms with Gasteiger partial charge in [0, 0.05) is 11.8 Å². The van der Waals surface area contributed by atoms with Crippen LogP contribution in [0.1, 0.15) is 36.6 Å². The smallest absolute Gasteiger partial charge is 0.357 e. The van der Waals surface area contributed by atoms with Gasteiger partial charge >= 0.3 is 11.4 Å². The van der Waals surface area contributed by atoms with Gasteiger partial charge in [0.05, 0.1) is 5.69 Å². The maximum atomic E-state index is 13.5. The van der Waals surface area contributed by atoms with E-state index in [9.17, 15) is 8.60 Å². The molecule has 116 valence electrons. The number of hydrogen-bond donors (Lipinski definition) is 1. The molecule has 0 radical (unpaired) electrons. The quantitative estimate of drug-likeness (QED) is 0.845. The number of nitrogens with zero attached hydrogens (tertiary/aromatic N) is 1. The Balaban J connectivity index is 2.32. The minimum atomic E-state index is -2.42. The highest BCUT2D eigenvalue weighted by molar-refractivity contribution is 7.74. The molecule has 6 heteroatoms. The van der Waals surface area contributed by atoms with E-state index in [0.29, 0.717) is 16.8 Å². The maximum Gasteiger partial charge on any atom is 0.357 e. The number of aromatic nitrogens is 1. The van der Waals surface area contributed by atoms with Crippen LogP contribution in [0.5, 0.6) is 5.75 Å². The average Bonchev–Trinajstić information content (AvgIpc) is 2.45. The van der Waals surface area contributed by atoms with Gasteiger partial charge in [-0.1, -0.05) is 44.2 Å². The lowest BCUT2D eigenvalue weighted by atomic mass is 10.1. The van der Waals surface area contributed by atoms with E-state index in [1.165, 1.54) is 6.07 Å². The average molecular weight is 321 g/mol. The normalized spacial score (nSPS) is 12.8. The number of rotatable bonds is 5. The van der Waals surface area contributed by atoms with Crippen LogP contribution in [-0.2, 0) is 11.4 Å². The van der Waals surface area contributed by atoms with Crippen molar-refractivity contribution in [2.24, 2.45) is 0 Å². The predicted octanol–water partition coefficient (Wildman–Crippen LogP) is 4.03. The van der Waals surface area contributed by atoms with Gasteiger partial charge in [-0.05, 0) is 23.6 Å².